The van der Waals surface area contributed by atoms with Gasteiger partial charge in [-0.05, 0) is 55.7 Å². The first kappa shape index (κ1) is 26.2. The van der Waals surface area contributed by atoms with E-state index in [1.807, 2.05) is 0 Å². The van der Waals surface area contributed by atoms with E-state index in [0.29, 0.717) is 29.4 Å². The van der Waals surface area contributed by atoms with Crippen molar-refractivity contribution in [2.24, 2.45) is 0 Å². The molecule has 0 saturated carbocycles. The average Bonchev–Trinajstić information content (AvgIpc) is 3.15. The lowest BCUT2D eigenvalue weighted by Gasteiger charge is -2.35. The molecule has 4 rings (SSSR count). The van der Waals surface area contributed by atoms with Crippen molar-refractivity contribution in [2.75, 3.05) is 64.5 Å². The van der Waals surface area contributed by atoms with Gasteiger partial charge in [-0.25, -0.2) is 4.79 Å². The van der Waals surface area contributed by atoms with E-state index in [1.165, 1.54) is 6.07 Å². The highest BCUT2D eigenvalue weighted by Gasteiger charge is 2.40. The van der Waals surface area contributed by atoms with Crippen LogP contribution >= 0.6 is 19.9 Å². The molecule has 2 saturated heterocycles. The molecule has 2 heterocycles. The molecule has 0 N–H and O–H groups in total. The zero-order chi connectivity index (χ0) is 25.2. The fourth-order valence-corrected chi connectivity index (χ4v) is 5.73. The molecule has 2 aromatic carbocycles. The monoisotopic (exact) mass is 528 g/mol. The van der Waals surface area contributed by atoms with Crippen LogP contribution in [0.25, 0.3) is 0 Å². The number of anilines is 1. The van der Waals surface area contributed by atoms with Crippen molar-refractivity contribution in [1.29, 1.82) is 0 Å². The number of benzene rings is 2. The molecule has 6 nitrogen and oxygen atoms in total. The van der Waals surface area contributed by atoms with Crippen LogP contribution in [-0.2, 0) is 10.7 Å². The first-order valence-corrected chi connectivity index (χ1v) is 13.5. The summed E-state index contributed by atoms with van der Waals surface area (Å²) in [6.45, 7) is 6.94. The molecule has 0 bridgehead atoms. The van der Waals surface area contributed by atoms with E-state index in [0.717, 1.165) is 38.3 Å². The van der Waals surface area contributed by atoms with E-state index in [2.05, 4.69) is 23.3 Å². The van der Waals surface area contributed by atoms with Crippen LogP contribution in [0.4, 0.5) is 23.7 Å². The molecule has 2 atom stereocenters. The lowest BCUT2D eigenvalue weighted by Crippen LogP contribution is -2.42. The highest BCUT2D eigenvalue weighted by Crippen LogP contribution is 2.39. The van der Waals surface area contributed by atoms with Crippen molar-refractivity contribution < 1.29 is 22.5 Å². The summed E-state index contributed by atoms with van der Waals surface area (Å²) in [5, 5.41) is 0.515. The lowest BCUT2D eigenvalue weighted by molar-refractivity contribution is -0.137. The van der Waals surface area contributed by atoms with Crippen LogP contribution in [0.2, 0.25) is 5.02 Å². The summed E-state index contributed by atoms with van der Waals surface area (Å²) in [4.78, 5) is 18.9. The zero-order valence-electron chi connectivity index (χ0n) is 19.7. The minimum Gasteiger partial charge on any atom is -0.342 e. The number of amides is 2. The number of rotatable bonds is 7. The molecular formula is C24H29ClF3N4O2P. The summed E-state index contributed by atoms with van der Waals surface area (Å²) in [7, 11) is 1.33. The fraction of sp³-hybridized carbons (Fsp3) is 0.458. The topological polar surface area (TPSA) is 39.3 Å². The number of alkyl halides is 3. The minimum atomic E-state index is -4.46. The third-order valence-corrected chi connectivity index (χ3v) is 8.41. The Morgan fingerprint density at radius 2 is 1.77 bits per heavy atom. The van der Waals surface area contributed by atoms with Crippen molar-refractivity contribution >= 4 is 31.6 Å². The molecule has 0 aliphatic carbocycles. The Bertz CT molecular complexity index is 1020. The number of urea groups is 1. The maximum atomic E-state index is 13.4. The van der Waals surface area contributed by atoms with Crippen LogP contribution in [0.1, 0.15) is 17.2 Å². The second-order valence-electron chi connectivity index (χ2n) is 8.77. The van der Waals surface area contributed by atoms with Gasteiger partial charge < -0.3 is 14.3 Å². The predicted molar refractivity (Wildman–Crippen MR) is 133 cm³/mol. The van der Waals surface area contributed by atoms with Gasteiger partial charge in [-0.3, -0.25) is 9.57 Å². The van der Waals surface area contributed by atoms with Gasteiger partial charge in [-0.1, -0.05) is 23.7 Å². The molecule has 2 aliphatic heterocycles. The van der Waals surface area contributed by atoms with Gasteiger partial charge >= 0.3 is 12.2 Å². The summed E-state index contributed by atoms with van der Waals surface area (Å²) < 4.78 is 48.5. The van der Waals surface area contributed by atoms with Crippen molar-refractivity contribution in [3.05, 3.63) is 64.7 Å². The van der Waals surface area contributed by atoms with E-state index in [9.17, 15) is 18.0 Å². The average molecular weight is 529 g/mol. The molecule has 35 heavy (non-hydrogen) atoms. The molecule has 2 aromatic rings. The van der Waals surface area contributed by atoms with Crippen LogP contribution in [0, 0.1) is 0 Å². The number of carbonyl (C=O) groups excluding carboxylic acids is 1. The van der Waals surface area contributed by atoms with E-state index in [-0.39, 0.29) is 12.6 Å². The Kier molecular flexibility index (Phi) is 8.23. The second kappa shape index (κ2) is 11.0. The third-order valence-electron chi connectivity index (χ3n) is 6.40. The molecule has 0 aromatic heterocycles. The molecular weight excluding hydrogens is 500 g/mol. The van der Waals surface area contributed by atoms with E-state index in [4.69, 9.17) is 16.1 Å². The second-order valence-corrected chi connectivity index (χ2v) is 11.0. The summed E-state index contributed by atoms with van der Waals surface area (Å²) in [5.74, 6) is 0. The van der Waals surface area contributed by atoms with Crippen molar-refractivity contribution in [1.82, 2.24) is 14.5 Å². The number of hydrogen-bond donors (Lipinski definition) is 0. The molecule has 11 heteroatoms. The van der Waals surface area contributed by atoms with Crippen molar-refractivity contribution in [3.63, 3.8) is 0 Å². The number of carbonyl (C=O) groups is 1. The van der Waals surface area contributed by atoms with Gasteiger partial charge in [0.05, 0.1) is 18.2 Å². The van der Waals surface area contributed by atoms with Gasteiger partial charge in [0.25, 0.3) is 0 Å². The Balaban J connectivity index is 1.49. The molecule has 2 unspecified atom stereocenters. The largest absolute Gasteiger partial charge is 0.416 e. The Labute approximate surface area is 210 Å². The van der Waals surface area contributed by atoms with Gasteiger partial charge in [0, 0.05) is 50.0 Å². The smallest absolute Gasteiger partial charge is 0.342 e. The zero-order valence-corrected chi connectivity index (χ0v) is 21.4. The molecule has 0 radical (unpaired) electrons. The highest BCUT2D eigenvalue weighted by molar-refractivity contribution is 7.49. The lowest BCUT2D eigenvalue weighted by atomic mass is 10.0. The van der Waals surface area contributed by atoms with E-state index < -0.39 is 26.1 Å². The number of piperazine rings is 1. The summed E-state index contributed by atoms with van der Waals surface area (Å²) in [5.41, 5.74) is 0.284. The van der Waals surface area contributed by atoms with E-state index in [1.54, 1.807) is 40.1 Å². The quantitative estimate of drug-likeness (QED) is 0.442. The first-order chi connectivity index (χ1) is 16.6. The Morgan fingerprint density at radius 3 is 2.43 bits per heavy atom. The Hall–Kier alpha value is -1.90. The van der Waals surface area contributed by atoms with Gasteiger partial charge in [-0.15, -0.1) is 0 Å². The first-order valence-electron chi connectivity index (χ1n) is 11.4. The summed E-state index contributed by atoms with van der Waals surface area (Å²) in [6, 6.07) is 11.1. The number of nitrogens with zero attached hydrogens (tertiary/aromatic N) is 4. The van der Waals surface area contributed by atoms with Crippen LogP contribution in [0.3, 0.4) is 0 Å². The third kappa shape index (κ3) is 6.27. The standard InChI is InChI=1S/C24H29ClF3N4O2P/c1-29-10-12-31(13-11-29)35(2)34-15-14-30-17-22(18-4-3-5-19(16-18)24(26,27)28)32(23(30)33)21-8-6-20(25)7-9-21/h3-9,16,22H,10-15,17H2,1-2H3. The minimum absolute atomic E-state index is 0.265. The van der Waals surface area contributed by atoms with E-state index >= 15 is 0 Å². The summed E-state index contributed by atoms with van der Waals surface area (Å²) >= 11 is 6.02. The fourth-order valence-electron chi connectivity index (χ4n) is 4.35. The number of halogens is 4. The molecule has 2 aliphatic rings. The number of hydrogen-bond acceptors (Lipinski definition) is 4. The van der Waals surface area contributed by atoms with Crippen molar-refractivity contribution in [2.45, 2.75) is 12.2 Å². The number of likely N-dealkylation sites (N-methyl/N-ethyl adjacent to an activating group) is 1. The predicted octanol–water partition coefficient (Wildman–Crippen LogP) is 5.55. The molecule has 2 fully saturated rings. The van der Waals surface area contributed by atoms with Crippen LogP contribution in [0.5, 0.6) is 0 Å². The van der Waals surface area contributed by atoms with Gasteiger partial charge in [-0.2, -0.15) is 13.2 Å². The molecule has 190 valence electrons. The van der Waals surface area contributed by atoms with Gasteiger partial charge in [0.15, 0.2) is 0 Å². The van der Waals surface area contributed by atoms with Gasteiger partial charge in [0.2, 0.25) is 0 Å². The molecule has 2 amide bonds. The van der Waals surface area contributed by atoms with Crippen LogP contribution in [-0.4, -0.2) is 80.1 Å². The maximum Gasteiger partial charge on any atom is 0.416 e. The highest BCUT2D eigenvalue weighted by atomic mass is 35.5. The van der Waals surface area contributed by atoms with Gasteiger partial charge in [0.1, 0.15) is 8.30 Å². The van der Waals surface area contributed by atoms with Crippen LogP contribution < -0.4 is 4.90 Å². The summed E-state index contributed by atoms with van der Waals surface area (Å²) in [6.07, 6.45) is -4.46. The maximum absolute atomic E-state index is 13.4. The molecule has 0 spiro atoms. The SMILES string of the molecule is CN1CCN(P(C)OCCN2CC(c3cccc(C(F)(F)F)c3)N(c3ccc(Cl)cc3)C2=O)CC1. The van der Waals surface area contributed by atoms with Crippen molar-refractivity contribution in [3.8, 4) is 0 Å². The normalized spacial score (nSPS) is 21.1. The Morgan fingerprint density at radius 1 is 1.09 bits per heavy atom. The van der Waals surface area contributed by atoms with Crippen LogP contribution in [0.15, 0.2) is 48.5 Å².